The Labute approximate surface area is 223 Å². The van der Waals surface area contributed by atoms with E-state index in [2.05, 4.69) is 10.1 Å². The third-order valence-electron chi connectivity index (χ3n) is 7.25. The zero-order valence-electron chi connectivity index (χ0n) is 22.1. The first-order valence-corrected chi connectivity index (χ1v) is 13.5. The van der Waals surface area contributed by atoms with Crippen LogP contribution in [0, 0.1) is 5.92 Å². The maximum atomic E-state index is 12.6. The van der Waals surface area contributed by atoms with Crippen molar-refractivity contribution >= 4 is 23.7 Å². The number of rotatable bonds is 8. The van der Waals surface area contributed by atoms with Gasteiger partial charge in [0.1, 0.15) is 6.61 Å². The van der Waals surface area contributed by atoms with Gasteiger partial charge in [0.15, 0.2) is 10.9 Å². The molecule has 2 atom stereocenters. The van der Waals surface area contributed by atoms with E-state index in [9.17, 15) is 9.59 Å². The number of aromatic nitrogens is 3. The Balaban J connectivity index is 1.40. The third-order valence-corrected chi connectivity index (χ3v) is 7.52. The van der Waals surface area contributed by atoms with Gasteiger partial charge in [0.05, 0.1) is 35.7 Å². The van der Waals surface area contributed by atoms with Crippen molar-refractivity contribution in [2.24, 2.45) is 13.0 Å². The second-order valence-electron chi connectivity index (χ2n) is 10.3. The molecule has 2 aliphatic carbocycles. The van der Waals surface area contributed by atoms with Gasteiger partial charge in [-0.05, 0) is 64.5 Å². The van der Waals surface area contributed by atoms with E-state index in [-0.39, 0.29) is 48.0 Å². The van der Waals surface area contributed by atoms with E-state index in [1.54, 1.807) is 35.9 Å². The lowest BCUT2D eigenvalue weighted by Gasteiger charge is -2.29. The normalized spacial score (nSPS) is 20.2. The van der Waals surface area contributed by atoms with Gasteiger partial charge in [-0.3, -0.25) is 9.48 Å². The standard InChI is InChI=1S/C27H37ClN4O5/c1-17(2)36-26(33)18-8-7-11-20(14-18)37-24-13-12-22(30-25(24)28)21-15-29-32(4)23(21)16-35-27(34)31(3)19-9-5-6-10-19/h12-13,15,17-20H,5-11,14,16H2,1-4H3/t18-,20-/m0/s1. The smallest absolute Gasteiger partial charge is 0.410 e. The molecule has 2 aliphatic rings. The number of halogens is 1. The average molecular weight is 533 g/mol. The van der Waals surface area contributed by atoms with Gasteiger partial charge in [-0.15, -0.1) is 0 Å². The molecule has 0 radical (unpaired) electrons. The summed E-state index contributed by atoms with van der Waals surface area (Å²) in [5, 5.41) is 4.57. The summed E-state index contributed by atoms with van der Waals surface area (Å²) >= 11 is 6.52. The Kier molecular flexibility index (Phi) is 8.95. The molecule has 2 fully saturated rings. The summed E-state index contributed by atoms with van der Waals surface area (Å²) in [6, 6.07) is 3.85. The lowest BCUT2D eigenvalue weighted by molar-refractivity contribution is -0.154. The van der Waals surface area contributed by atoms with E-state index in [1.165, 1.54) is 0 Å². The molecule has 2 saturated carbocycles. The molecule has 0 aromatic carbocycles. The number of ether oxygens (including phenoxy) is 3. The Hall–Kier alpha value is -2.81. The van der Waals surface area contributed by atoms with Crippen molar-refractivity contribution in [3.8, 4) is 17.0 Å². The highest BCUT2D eigenvalue weighted by Gasteiger charge is 2.31. The van der Waals surface area contributed by atoms with Crippen molar-refractivity contribution in [3.63, 3.8) is 0 Å². The molecule has 0 saturated heterocycles. The number of pyridine rings is 1. The van der Waals surface area contributed by atoms with Crippen LogP contribution in [0.1, 0.15) is 70.9 Å². The second-order valence-corrected chi connectivity index (χ2v) is 10.7. The summed E-state index contributed by atoms with van der Waals surface area (Å²) < 4.78 is 18.8. The average Bonchev–Trinajstić information content (AvgIpc) is 3.53. The number of hydrogen-bond acceptors (Lipinski definition) is 7. The van der Waals surface area contributed by atoms with Crippen LogP contribution in [0.5, 0.6) is 5.75 Å². The van der Waals surface area contributed by atoms with E-state index in [4.69, 9.17) is 25.8 Å². The van der Waals surface area contributed by atoms with Gasteiger partial charge < -0.3 is 19.1 Å². The van der Waals surface area contributed by atoms with Crippen molar-refractivity contribution in [3.05, 3.63) is 29.2 Å². The summed E-state index contributed by atoms with van der Waals surface area (Å²) in [5.41, 5.74) is 2.08. The van der Waals surface area contributed by atoms with Crippen LogP contribution in [0.3, 0.4) is 0 Å². The zero-order valence-corrected chi connectivity index (χ0v) is 22.9. The number of carbonyl (C=O) groups excluding carboxylic acids is 2. The highest BCUT2D eigenvalue weighted by atomic mass is 35.5. The van der Waals surface area contributed by atoms with Crippen molar-refractivity contribution in [1.29, 1.82) is 0 Å². The first-order chi connectivity index (χ1) is 17.7. The van der Waals surface area contributed by atoms with Crippen LogP contribution in [0.4, 0.5) is 4.79 Å². The van der Waals surface area contributed by atoms with Gasteiger partial charge in [0, 0.05) is 25.7 Å². The van der Waals surface area contributed by atoms with Crippen LogP contribution in [-0.2, 0) is 27.9 Å². The van der Waals surface area contributed by atoms with Gasteiger partial charge in [-0.1, -0.05) is 24.4 Å². The minimum absolute atomic E-state index is 0.0786. The van der Waals surface area contributed by atoms with Crippen LogP contribution in [0.2, 0.25) is 5.15 Å². The molecule has 0 bridgehead atoms. The molecule has 1 amide bonds. The molecular formula is C27H37ClN4O5. The lowest BCUT2D eigenvalue weighted by Crippen LogP contribution is -2.35. The quantitative estimate of drug-likeness (QED) is 0.325. The minimum atomic E-state index is -0.336. The van der Waals surface area contributed by atoms with Crippen molar-refractivity contribution < 1.29 is 23.8 Å². The molecular weight excluding hydrogens is 496 g/mol. The van der Waals surface area contributed by atoms with Crippen LogP contribution in [-0.4, -0.2) is 57.0 Å². The van der Waals surface area contributed by atoms with Crippen LogP contribution in [0.25, 0.3) is 11.3 Å². The Morgan fingerprint density at radius 2 is 1.92 bits per heavy atom. The first-order valence-electron chi connectivity index (χ1n) is 13.2. The maximum Gasteiger partial charge on any atom is 0.410 e. The predicted molar refractivity (Wildman–Crippen MR) is 139 cm³/mol. The van der Waals surface area contributed by atoms with Gasteiger partial charge in [0.25, 0.3) is 0 Å². The topological polar surface area (TPSA) is 95.8 Å². The highest BCUT2D eigenvalue weighted by Crippen LogP contribution is 2.33. The second kappa shape index (κ2) is 12.2. The highest BCUT2D eigenvalue weighted by molar-refractivity contribution is 6.31. The molecule has 2 aromatic rings. The predicted octanol–water partition coefficient (Wildman–Crippen LogP) is 5.54. The molecule has 0 unspecified atom stereocenters. The van der Waals surface area contributed by atoms with E-state index in [0.29, 0.717) is 17.9 Å². The summed E-state index contributed by atoms with van der Waals surface area (Å²) in [6.45, 7) is 3.79. The lowest BCUT2D eigenvalue weighted by atomic mass is 9.87. The van der Waals surface area contributed by atoms with Crippen molar-refractivity contribution in [2.75, 3.05) is 7.05 Å². The molecule has 202 valence electrons. The summed E-state index contributed by atoms with van der Waals surface area (Å²) in [6.07, 6.45) is 8.55. The number of aryl methyl sites for hydroxylation is 1. The number of nitrogens with zero attached hydrogens (tertiary/aromatic N) is 4. The first kappa shape index (κ1) is 27.2. The molecule has 2 aromatic heterocycles. The van der Waals surface area contributed by atoms with Crippen LogP contribution < -0.4 is 4.74 Å². The van der Waals surface area contributed by atoms with E-state index < -0.39 is 0 Å². The monoisotopic (exact) mass is 532 g/mol. The molecule has 4 rings (SSSR count). The molecule has 9 nitrogen and oxygen atoms in total. The Morgan fingerprint density at radius 1 is 1.16 bits per heavy atom. The SMILES string of the molecule is CC(C)OC(=O)[C@H]1CCC[C@H](Oc2ccc(-c3cnn(C)c3COC(=O)N(C)C3CCCC3)nc2Cl)C1. The van der Waals surface area contributed by atoms with Crippen molar-refractivity contribution in [1.82, 2.24) is 19.7 Å². The number of amides is 1. The molecule has 0 N–H and O–H groups in total. The summed E-state index contributed by atoms with van der Waals surface area (Å²) in [7, 11) is 3.60. The largest absolute Gasteiger partial charge is 0.487 e. The molecule has 2 heterocycles. The fourth-order valence-corrected chi connectivity index (χ4v) is 5.35. The minimum Gasteiger partial charge on any atom is -0.487 e. The molecule has 37 heavy (non-hydrogen) atoms. The van der Waals surface area contributed by atoms with Crippen LogP contribution in [0.15, 0.2) is 18.3 Å². The van der Waals surface area contributed by atoms with E-state index in [1.807, 2.05) is 19.9 Å². The number of carbonyl (C=O) groups is 2. The Bertz CT molecular complexity index is 1100. The van der Waals surface area contributed by atoms with Gasteiger partial charge >= 0.3 is 12.1 Å². The van der Waals surface area contributed by atoms with Crippen molar-refractivity contribution in [2.45, 2.75) is 90.1 Å². The van der Waals surface area contributed by atoms with Gasteiger partial charge in [0.2, 0.25) is 0 Å². The number of esters is 1. The molecule has 0 spiro atoms. The Morgan fingerprint density at radius 3 is 2.62 bits per heavy atom. The van der Waals surface area contributed by atoms with Crippen LogP contribution >= 0.6 is 11.6 Å². The molecule has 0 aliphatic heterocycles. The third kappa shape index (κ3) is 6.74. The summed E-state index contributed by atoms with van der Waals surface area (Å²) in [5.74, 6) is 0.144. The zero-order chi connectivity index (χ0) is 26.5. The molecule has 10 heteroatoms. The fraction of sp³-hybridized carbons (Fsp3) is 0.630. The maximum absolute atomic E-state index is 12.6. The van der Waals surface area contributed by atoms with E-state index in [0.717, 1.165) is 56.2 Å². The van der Waals surface area contributed by atoms with E-state index >= 15 is 0 Å². The summed E-state index contributed by atoms with van der Waals surface area (Å²) in [4.78, 5) is 31.2. The van der Waals surface area contributed by atoms with Gasteiger partial charge in [-0.25, -0.2) is 9.78 Å². The fourth-order valence-electron chi connectivity index (χ4n) is 5.15. The number of hydrogen-bond donors (Lipinski definition) is 0. The van der Waals surface area contributed by atoms with Gasteiger partial charge in [-0.2, -0.15) is 5.10 Å².